The van der Waals surface area contributed by atoms with Gasteiger partial charge in [-0.15, -0.1) is 12.4 Å². The third-order valence-corrected chi connectivity index (χ3v) is 6.09. The summed E-state index contributed by atoms with van der Waals surface area (Å²) in [5.41, 5.74) is 0. The van der Waals surface area contributed by atoms with Gasteiger partial charge in [0.25, 0.3) is 0 Å². The Kier molecular flexibility index (Phi) is 12.2. The van der Waals surface area contributed by atoms with Crippen molar-refractivity contribution in [1.82, 2.24) is 5.32 Å². The SMILES string of the molecule is CNCCCS(=O)CCCCCCOc1ccc2cc(Br)ccc2c1.Cl. The Bertz CT molecular complexity index is 684. The Labute approximate surface area is 174 Å². The molecule has 0 saturated heterocycles. The first kappa shape index (κ1) is 23.4. The predicted molar refractivity (Wildman–Crippen MR) is 119 cm³/mol. The van der Waals surface area contributed by atoms with Crippen LogP contribution in [0, 0.1) is 0 Å². The lowest BCUT2D eigenvalue weighted by Gasteiger charge is -2.08. The van der Waals surface area contributed by atoms with Crippen molar-refractivity contribution in [2.24, 2.45) is 0 Å². The summed E-state index contributed by atoms with van der Waals surface area (Å²) < 4.78 is 18.7. The van der Waals surface area contributed by atoms with Crippen molar-refractivity contribution in [1.29, 1.82) is 0 Å². The van der Waals surface area contributed by atoms with Gasteiger partial charge in [-0.25, -0.2) is 0 Å². The van der Waals surface area contributed by atoms with E-state index >= 15 is 0 Å². The fourth-order valence-corrected chi connectivity index (χ4v) is 4.28. The van der Waals surface area contributed by atoms with Crippen molar-refractivity contribution >= 4 is 49.9 Å². The highest BCUT2D eigenvalue weighted by Gasteiger charge is 2.01. The number of fused-ring (bicyclic) bond motifs is 1. The monoisotopic (exact) mass is 461 g/mol. The normalized spacial score (nSPS) is 11.9. The van der Waals surface area contributed by atoms with Crippen LogP contribution in [0.1, 0.15) is 32.1 Å². The van der Waals surface area contributed by atoms with Gasteiger partial charge in [0, 0.05) is 26.8 Å². The largest absolute Gasteiger partial charge is 0.494 e. The van der Waals surface area contributed by atoms with Crippen LogP contribution in [0.2, 0.25) is 0 Å². The smallest absolute Gasteiger partial charge is 0.119 e. The lowest BCUT2D eigenvalue weighted by Crippen LogP contribution is -2.12. The van der Waals surface area contributed by atoms with Crippen molar-refractivity contribution in [2.45, 2.75) is 32.1 Å². The number of ether oxygens (including phenoxy) is 1. The van der Waals surface area contributed by atoms with Crippen LogP contribution in [0.15, 0.2) is 40.9 Å². The lowest BCUT2D eigenvalue weighted by atomic mass is 10.1. The minimum Gasteiger partial charge on any atom is -0.494 e. The molecule has 1 N–H and O–H groups in total. The third-order valence-electron chi connectivity index (χ3n) is 4.11. The first-order valence-corrected chi connectivity index (χ1v) is 11.3. The summed E-state index contributed by atoms with van der Waals surface area (Å²) in [7, 11) is 1.28. The molecule has 0 saturated carbocycles. The van der Waals surface area contributed by atoms with Crippen molar-refractivity contribution < 1.29 is 8.95 Å². The first-order chi connectivity index (χ1) is 12.2. The van der Waals surface area contributed by atoms with Crippen LogP contribution in [0.25, 0.3) is 10.8 Å². The molecule has 146 valence electrons. The van der Waals surface area contributed by atoms with Crippen molar-refractivity contribution in [3.63, 3.8) is 0 Å². The highest BCUT2D eigenvalue weighted by atomic mass is 79.9. The average Bonchev–Trinajstić information content (AvgIpc) is 2.61. The van der Waals surface area contributed by atoms with E-state index in [4.69, 9.17) is 4.74 Å². The molecule has 26 heavy (non-hydrogen) atoms. The summed E-state index contributed by atoms with van der Waals surface area (Å²) in [4.78, 5) is 0. The van der Waals surface area contributed by atoms with Crippen LogP contribution in [0.5, 0.6) is 5.75 Å². The first-order valence-electron chi connectivity index (χ1n) is 9.01. The third kappa shape index (κ3) is 8.85. The predicted octanol–water partition coefficient (Wildman–Crippen LogP) is 5.32. The molecule has 0 aliphatic heterocycles. The minimum atomic E-state index is -0.648. The Hall–Kier alpha value is -0.620. The fourth-order valence-electron chi connectivity index (χ4n) is 2.71. The molecular formula is C20H29BrClNO2S. The molecule has 6 heteroatoms. The summed E-state index contributed by atoms with van der Waals surface area (Å²) in [5, 5.41) is 5.50. The van der Waals surface area contributed by atoms with Crippen LogP contribution < -0.4 is 10.1 Å². The highest BCUT2D eigenvalue weighted by molar-refractivity contribution is 9.10. The number of hydrogen-bond acceptors (Lipinski definition) is 3. The Morgan fingerprint density at radius 1 is 0.962 bits per heavy atom. The van der Waals surface area contributed by atoms with E-state index in [9.17, 15) is 4.21 Å². The fraction of sp³-hybridized carbons (Fsp3) is 0.500. The Balaban J connectivity index is 0.00000338. The van der Waals surface area contributed by atoms with E-state index in [-0.39, 0.29) is 12.4 Å². The maximum Gasteiger partial charge on any atom is 0.119 e. The van der Waals surface area contributed by atoms with Gasteiger partial charge in [-0.05, 0) is 67.9 Å². The van der Waals surface area contributed by atoms with E-state index < -0.39 is 10.8 Å². The van der Waals surface area contributed by atoms with Gasteiger partial charge in [0.2, 0.25) is 0 Å². The second-order valence-electron chi connectivity index (χ2n) is 6.22. The summed E-state index contributed by atoms with van der Waals surface area (Å²) in [6.07, 6.45) is 5.36. The van der Waals surface area contributed by atoms with E-state index in [1.54, 1.807) is 0 Å². The Morgan fingerprint density at radius 2 is 1.65 bits per heavy atom. The molecule has 2 aromatic carbocycles. The molecule has 1 unspecified atom stereocenters. The molecule has 0 spiro atoms. The van der Waals surface area contributed by atoms with Crippen molar-refractivity contribution in [3.05, 3.63) is 40.9 Å². The van der Waals surface area contributed by atoms with Gasteiger partial charge < -0.3 is 10.1 Å². The van der Waals surface area contributed by atoms with Crippen LogP contribution in [0.3, 0.4) is 0 Å². The topological polar surface area (TPSA) is 38.3 Å². The number of unbranched alkanes of at least 4 members (excludes halogenated alkanes) is 3. The standard InChI is InChI=1S/C20H28BrNO2S.ClH/c1-22-11-6-14-25(23)13-5-3-2-4-12-24-20-10-8-17-15-19(21)9-7-18(17)16-20;/h7-10,15-16,22H,2-6,11-14H2,1H3;1H. The quantitative estimate of drug-likeness (QED) is 0.434. The maximum absolute atomic E-state index is 11.8. The minimum absolute atomic E-state index is 0. The molecule has 3 nitrogen and oxygen atoms in total. The summed E-state index contributed by atoms with van der Waals surface area (Å²) in [5.74, 6) is 2.59. The zero-order valence-corrected chi connectivity index (χ0v) is 18.6. The number of halogens is 2. The lowest BCUT2D eigenvalue weighted by molar-refractivity contribution is 0.305. The van der Waals surface area contributed by atoms with Gasteiger partial charge in [-0.1, -0.05) is 40.9 Å². The molecule has 0 aliphatic rings. The molecule has 0 radical (unpaired) electrons. The van der Waals surface area contributed by atoms with E-state index in [2.05, 4.69) is 51.6 Å². The average molecular weight is 463 g/mol. The van der Waals surface area contributed by atoms with Gasteiger partial charge >= 0.3 is 0 Å². The summed E-state index contributed by atoms with van der Waals surface area (Å²) in [6.45, 7) is 1.70. The molecule has 0 bridgehead atoms. The molecular weight excluding hydrogens is 434 g/mol. The van der Waals surface area contributed by atoms with E-state index in [0.29, 0.717) is 0 Å². The van der Waals surface area contributed by atoms with Crippen LogP contribution in [-0.2, 0) is 10.8 Å². The van der Waals surface area contributed by atoms with Gasteiger partial charge in [0.05, 0.1) is 6.61 Å². The molecule has 0 aliphatic carbocycles. The second kappa shape index (κ2) is 13.5. The van der Waals surface area contributed by atoms with Crippen LogP contribution >= 0.6 is 28.3 Å². The summed E-state index contributed by atoms with van der Waals surface area (Å²) in [6, 6.07) is 12.5. The van der Waals surface area contributed by atoms with Crippen molar-refractivity contribution in [3.8, 4) is 5.75 Å². The van der Waals surface area contributed by atoms with Gasteiger partial charge in [-0.2, -0.15) is 0 Å². The number of rotatable bonds is 12. The molecule has 2 aromatic rings. The van der Waals surface area contributed by atoms with Gasteiger partial charge in [0.1, 0.15) is 5.75 Å². The van der Waals surface area contributed by atoms with Gasteiger partial charge in [0.15, 0.2) is 0 Å². The van der Waals surface area contributed by atoms with Crippen LogP contribution in [0.4, 0.5) is 0 Å². The van der Waals surface area contributed by atoms with Gasteiger partial charge in [-0.3, -0.25) is 4.21 Å². The van der Waals surface area contributed by atoms with E-state index in [1.165, 1.54) is 10.8 Å². The van der Waals surface area contributed by atoms with Crippen molar-refractivity contribution in [2.75, 3.05) is 31.7 Å². The van der Waals surface area contributed by atoms with E-state index in [1.807, 2.05) is 13.1 Å². The zero-order chi connectivity index (χ0) is 17.9. The second-order valence-corrected chi connectivity index (χ2v) is 8.83. The molecule has 1 atom stereocenters. The Morgan fingerprint density at radius 3 is 2.46 bits per heavy atom. The molecule has 0 aromatic heterocycles. The molecule has 0 heterocycles. The van der Waals surface area contributed by atoms with Crippen LogP contribution in [-0.4, -0.2) is 35.9 Å². The number of benzene rings is 2. The summed E-state index contributed by atoms with van der Waals surface area (Å²) >= 11 is 3.49. The number of hydrogen-bond donors (Lipinski definition) is 1. The molecule has 0 fully saturated rings. The zero-order valence-electron chi connectivity index (χ0n) is 15.3. The highest BCUT2D eigenvalue weighted by Crippen LogP contribution is 2.24. The molecule has 2 rings (SSSR count). The maximum atomic E-state index is 11.8. The number of nitrogens with one attached hydrogen (secondary N) is 1. The van der Waals surface area contributed by atoms with E-state index in [0.717, 1.165) is 67.0 Å². The molecule has 0 amide bonds.